The molecule has 4 aromatic rings. The molecule has 1 heterocycles. The number of nitrogens with one attached hydrogen (secondary N) is 1. The molecule has 1 amide bonds. The quantitative estimate of drug-likeness (QED) is 0.551. The number of nitrogens with zero attached hydrogens (tertiary/aromatic N) is 1. The maximum atomic E-state index is 12.6. The van der Waals surface area contributed by atoms with E-state index in [0.717, 1.165) is 5.56 Å². The highest BCUT2D eigenvalue weighted by atomic mass is 32.2. The van der Waals surface area contributed by atoms with Crippen molar-refractivity contribution in [2.45, 2.75) is 4.90 Å². The summed E-state index contributed by atoms with van der Waals surface area (Å²) >= 11 is 0. The zero-order valence-corrected chi connectivity index (χ0v) is 15.3. The van der Waals surface area contributed by atoms with Gasteiger partial charge in [-0.2, -0.15) is 0 Å². The molecular formula is C20H15N3O4S. The number of benzene rings is 3. The topological polar surface area (TPSA) is 115 Å². The van der Waals surface area contributed by atoms with E-state index in [4.69, 9.17) is 9.66 Å². The number of fused-ring (bicyclic) bond motifs is 1. The second-order valence-electron chi connectivity index (χ2n) is 6.14. The van der Waals surface area contributed by atoms with Crippen LogP contribution in [-0.2, 0) is 10.0 Å². The number of aromatic nitrogens is 1. The molecule has 0 aliphatic heterocycles. The summed E-state index contributed by atoms with van der Waals surface area (Å²) in [4.78, 5) is 12.6. The van der Waals surface area contributed by atoms with Crippen LogP contribution < -0.4 is 10.5 Å². The van der Waals surface area contributed by atoms with Crippen LogP contribution in [0.4, 0.5) is 5.69 Å². The van der Waals surface area contributed by atoms with Gasteiger partial charge in [-0.3, -0.25) is 4.79 Å². The third-order valence-corrected chi connectivity index (χ3v) is 5.11. The fraction of sp³-hybridized carbons (Fsp3) is 0. The molecule has 0 aliphatic carbocycles. The molecule has 0 bridgehead atoms. The van der Waals surface area contributed by atoms with Crippen molar-refractivity contribution >= 4 is 32.5 Å². The minimum atomic E-state index is -3.86. The monoisotopic (exact) mass is 393 g/mol. The molecule has 1 aromatic heterocycles. The lowest BCUT2D eigenvalue weighted by Crippen LogP contribution is -2.14. The molecule has 0 spiro atoms. The number of hydrogen-bond acceptors (Lipinski definition) is 5. The Hall–Kier alpha value is -3.49. The molecule has 140 valence electrons. The number of hydrogen-bond donors (Lipinski definition) is 2. The van der Waals surface area contributed by atoms with E-state index in [0.29, 0.717) is 27.9 Å². The largest absolute Gasteiger partial charge is 0.355 e. The summed E-state index contributed by atoms with van der Waals surface area (Å²) in [5.74, 6) is 0.176. The van der Waals surface area contributed by atoms with Gasteiger partial charge in [0.1, 0.15) is 5.52 Å². The van der Waals surface area contributed by atoms with E-state index >= 15 is 0 Å². The van der Waals surface area contributed by atoms with Gasteiger partial charge in [0.2, 0.25) is 10.0 Å². The molecule has 0 atom stereocenters. The first-order chi connectivity index (χ1) is 13.4. The van der Waals surface area contributed by atoms with Crippen LogP contribution in [0.2, 0.25) is 0 Å². The molecule has 0 aliphatic rings. The number of carbonyl (C=O) groups is 1. The van der Waals surface area contributed by atoms with Crippen molar-refractivity contribution in [2.24, 2.45) is 5.14 Å². The predicted octanol–water partition coefficient (Wildman–Crippen LogP) is 3.39. The van der Waals surface area contributed by atoms with Crippen LogP contribution >= 0.6 is 0 Å². The van der Waals surface area contributed by atoms with Crippen molar-refractivity contribution in [1.82, 2.24) is 5.16 Å². The van der Waals surface area contributed by atoms with Crippen LogP contribution in [-0.4, -0.2) is 19.5 Å². The summed E-state index contributed by atoms with van der Waals surface area (Å²) < 4.78 is 28.4. The molecule has 3 N–H and O–H groups in total. The highest BCUT2D eigenvalue weighted by Crippen LogP contribution is 2.29. The molecule has 0 saturated carbocycles. The standard InChI is InChI=1S/C20H15N3O4S/c21-28(25,26)16-8-4-7-15(12-16)22-20(24)14-9-10-18-17(11-14)19(27-23-18)13-5-2-1-3-6-13/h1-12H,(H,22,24)(H2,21,25,26). The van der Waals surface area contributed by atoms with Crippen LogP contribution in [0, 0.1) is 0 Å². The lowest BCUT2D eigenvalue weighted by Gasteiger charge is -2.07. The lowest BCUT2D eigenvalue weighted by molar-refractivity contribution is 0.102. The molecule has 3 aromatic carbocycles. The van der Waals surface area contributed by atoms with E-state index in [-0.39, 0.29) is 4.90 Å². The molecule has 7 nitrogen and oxygen atoms in total. The first-order valence-electron chi connectivity index (χ1n) is 8.31. The second-order valence-corrected chi connectivity index (χ2v) is 7.70. The van der Waals surface area contributed by atoms with Gasteiger partial charge in [0.05, 0.1) is 10.3 Å². The zero-order valence-electron chi connectivity index (χ0n) is 14.5. The normalized spacial score (nSPS) is 11.5. The SMILES string of the molecule is NS(=O)(=O)c1cccc(NC(=O)c2ccc3noc(-c4ccccc4)c3c2)c1. The third-order valence-electron chi connectivity index (χ3n) is 4.20. The van der Waals surface area contributed by atoms with Gasteiger partial charge in [-0.1, -0.05) is 41.6 Å². The Bertz CT molecular complexity index is 1280. The van der Waals surface area contributed by atoms with E-state index in [1.54, 1.807) is 24.3 Å². The van der Waals surface area contributed by atoms with Gasteiger partial charge in [0.15, 0.2) is 5.76 Å². The summed E-state index contributed by atoms with van der Waals surface area (Å²) in [5.41, 5.74) is 2.19. The maximum Gasteiger partial charge on any atom is 0.255 e. The Morgan fingerprint density at radius 1 is 0.964 bits per heavy atom. The van der Waals surface area contributed by atoms with Crippen molar-refractivity contribution < 1.29 is 17.7 Å². The Labute approximate surface area is 160 Å². The van der Waals surface area contributed by atoms with Crippen LogP contribution in [0.1, 0.15) is 10.4 Å². The average Bonchev–Trinajstić information content (AvgIpc) is 3.11. The molecule has 28 heavy (non-hydrogen) atoms. The molecule has 4 rings (SSSR count). The summed E-state index contributed by atoms with van der Waals surface area (Å²) in [6.45, 7) is 0. The molecule has 0 radical (unpaired) electrons. The summed E-state index contributed by atoms with van der Waals surface area (Å²) in [6, 6.07) is 20.2. The fourth-order valence-corrected chi connectivity index (χ4v) is 3.39. The minimum absolute atomic E-state index is 0.0776. The van der Waals surface area contributed by atoms with Gasteiger partial charge in [0, 0.05) is 16.8 Å². The second kappa shape index (κ2) is 6.91. The molecule has 8 heteroatoms. The predicted molar refractivity (Wildman–Crippen MR) is 105 cm³/mol. The van der Waals surface area contributed by atoms with E-state index in [1.165, 1.54) is 18.2 Å². The summed E-state index contributed by atoms with van der Waals surface area (Å²) in [5, 5.41) is 12.5. The van der Waals surface area contributed by atoms with E-state index in [2.05, 4.69) is 10.5 Å². The number of carbonyl (C=O) groups excluding carboxylic acids is 1. The van der Waals surface area contributed by atoms with Gasteiger partial charge in [-0.15, -0.1) is 0 Å². The highest BCUT2D eigenvalue weighted by Gasteiger charge is 2.15. The number of nitrogens with two attached hydrogens (primary N) is 1. The van der Waals surface area contributed by atoms with E-state index < -0.39 is 15.9 Å². The number of primary sulfonamides is 1. The molecule has 0 unspecified atom stereocenters. The summed E-state index contributed by atoms with van der Waals surface area (Å²) in [7, 11) is -3.86. The number of rotatable bonds is 4. The maximum absolute atomic E-state index is 12.6. The van der Waals surface area contributed by atoms with Crippen molar-refractivity contribution in [3.63, 3.8) is 0 Å². The van der Waals surface area contributed by atoms with Crippen LogP contribution in [0.15, 0.2) is 82.2 Å². The van der Waals surface area contributed by atoms with Crippen molar-refractivity contribution in [1.29, 1.82) is 0 Å². The smallest absolute Gasteiger partial charge is 0.255 e. The number of sulfonamides is 1. The van der Waals surface area contributed by atoms with Crippen molar-refractivity contribution in [2.75, 3.05) is 5.32 Å². The van der Waals surface area contributed by atoms with Crippen LogP contribution in [0.5, 0.6) is 0 Å². The zero-order chi connectivity index (χ0) is 19.7. The van der Waals surface area contributed by atoms with E-state index in [9.17, 15) is 13.2 Å². The summed E-state index contributed by atoms with van der Waals surface area (Å²) in [6.07, 6.45) is 0. The van der Waals surface area contributed by atoms with Gasteiger partial charge < -0.3 is 9.84 Å². The minimum Gasteiger partial charge on any atom is -0.355 e. The fourth-order valence-electron chi connectivity index (χ4n) is 2.83. The third kappa shape index (κ3) is 3.51. The Balaban J connectivity index is 1.67. The Morgan fingerprint density at radius 2 is 1.75 bits per heavy atom. The van der Waals surface area contributed by atoms with Gasteiger partial charge in [0.25, 0.3) is 5.91 Å². The lowest BCUT2D eigenvalue weighted by atomic mass is 10.1. The van der Waals surface area contributed by atoms with E-state index in [1.807, 2.05) is 30.3 Å². The van der Waals surface area contributed by atoms with Crippen LogP contribution in [0.25, 0.3) is 22.2 Å². The van der Waals surface area contributed by atoms with Gasteiger partial charge >= 0.3 is 0 Å². The first-order valence-corrected chi connectivity index (χ1v) is 9.85. The van der Waals surface area contributed by atoms with Crippen molar-refractivity contribution in [3.8, 4) is 11.3 Å². The highest BCUT2D eigenvalue weighted by molar-refractivity contribution is 7.89. The molecule has 0 fully saturated rings. The van der Waals surface area contributed by atoms with Gasteiger partial charge in [-0.25, -0.2) is 13.6 Å². The Kier molecular flexibility index (Phi) is 4.42. The number of anilines is 1. The number of amides is 1. The average molecular weight is 393 g/mol. The molecule has 0 saturated heterocycles. The first kappa shape index (κ1) is 17.9. The van der Waals surface area contributed by atoms with Gasteiger partial charge in [-0.05, 0) is 36.4 Å². The molecular weight excluding hydrogens is 378 g/mol. The van der Waals surface area contributed by atoms with Crippen molar-refractivity contribution in [3.05, 3.63) is 78.4 Å². The van der Waals surface area contributed by atoms with Crippen LogP contribution in [0.3, 0.4) is 0 Å². The Morgan fingerprint density at radius 3 is 2.50 bits per heavy atom.